The number of hydrogen-bond donors (Lipinski definition) is 2. The van der Waals surface area contributed by atoms with Gasteiger partial charge in [0.05, 0.1) is 17.3 Å². The molecule has 1 aromatic heterocycles. The second-order valence-electron chi connectivity index (χ2n) is 4.01. The third-order valence-electron chi connectivity index (χ3n) is 2.22. The number of halogens is 1. The quantitative estimate of drug-likeness (QED) is 0.875. The van der Waals surface area contributed by atoms with Crippen LogP contribution in [-0.2, 0) is 11.3 Å². The summed E-state index contributed by atoms with van der Waals surface area (Å²) in [7, 11) is 1.65. The minimum absolute atomic E-state index is 0.0928. The van der Waals surface area contributed by atoms with Crippen molar-refractivity contribution in [2.75, 3.05) is 7.05 Å². The molecule has 1 aromatic rings. The number of carboxylic acid groups (broad SMARTS) is 1. The third-order valence-corrected chi connectivity index (χ3v) is 3.44. The van der Waals surface area contributed by atoms with E-state index in [1.807, 2.05) is 6.07 Å². The molecule has 2 N–H and O–H groups in total. The minimum Gasteiger partial charge on any atom is -0.481 e. The standard InChI is InChI=1S/C11H15ClN2O3S/c1-7(5-10(15)16)13-11(17)14(2)6-8-3-4-9(12)18-8/h3-4,7H,5-6H2,1-2H3,(H,13,17)(H,15,16). The zero-order valence-electron chi connectivity index (χ0n) is 10.1. The second-order valence-corrected chi connectivity index (χ2v) is 5.81. The fourth-order valence-corrected chi connectivity index (χ4v) is 2.52. The van der Waals surface area contributed by atoms with E-state index in [2.05, 4.69) is 5.32 Å². The molecule has 18 heavy (non-hydrogen) atoms. The zero-order valence-corrected chi connectivity index (χ0v) is 11.7. The van der Waals surface area contributed by atoms with E-state index in [-0.39, 0.29) is 12.5 Å². The summed E-state index contributed by atoms with van der Waals surface area (Å²) in [5.41, 5.74) is 0. The summed E-state index contributed by atoms with van der Waals surface area (Å²) in [6, 6.07) is 2.94. The third kappa shape index (κ3) is 4.93. The Labute approximate surface area is 114 Å². The van der Waals surface area contributed by atoms with Crippen molar-refractivity contribution in [3.05, 3.63) is 21.3 Å². The van der Waals surface area contributed by atoms with E-state index < -0.39 is 12.0 Å². The zero-order chi connectivity index (χ0) is 13.7. The van der Waals surface area contributed by atoms with Crippen LogP contribution in [-0.4, -0.2) is 35.1 Å². The van der Waals surface area contributed by atoms with E-state index in [4.69, 9.17) is 16.7 Å². The molecular formula is C11H15ClN2O3S. The Kier molecular flexibility index (Phi) is 5.43. The molecule has 0 saturated carbocycles. The average Bonchev–Trinajstić information content (AvgIpc) is 2.62. The lowest BCUT2D eigenvalue weighted by Gasteiger charge is -2.20. The number of rotatable bonds is 5. The van der Waals surface area contributed by atoms with Crippen LogP contribution in [0.5, 0.6) is 0 Å². The van der Waals surface area contributed by atoms with E-state index in [9.17, 15) is 9.59 Å². The van der Waals surface area contributed by atoms with Crippen LogP contribution in [0.1, 0.15) is 18.2 Å². The number of thiophene rings is 1. The van der Waals surface area contributed by atoms with Gasteiger partial charge in [0.1, 0.15) is 0 Å². The highest BCUT2D eigenvalue weighted by atomic mass is 35.5. The summed E-state index contributed by atoms with van der Waals surface area (Å²) in [5.74, 6) is -0.935. The minimum atomic E-state index is -0.935. The van der Waals surface area contributed by atoms with Crippen LogP contribution in [0.4, 0.5) is 4.79 Å². The van der Waals surface area contributed by atoms with Crippen LogP contribution in [0.3, 0.4) is 0 Å². The Morgan fingerprint density at radius 1 is 1.56 bits per heavy atom. The molecule has 0 spiro atoms. The summed E-state index contributed by atoms with van der Waals surface area (Å²) >= 11 is 7.21. The second kappa shape index (κ2) is 6.61. The molecule has 0 fully saturated rings. The summed E-state index contributed by atoms with van der Waals surface area (Å²) < 4.78 is 0.679. The Bertz CT molecular complexity index is 436. The SMILES string of the molecule is CC(CC(=O)O)NC(=O)N(C)Cc1ccc(Cl)s1. The van der Waals surface area contributed by atoms with Gasteiger partial charge in [-0.1, -0.05) is 11.6 Å². The molecule has 0 radical (unpaired) electrons. The molecule has 1 unspecified atom stereocenters. The Hall–Kier alpha value is -1.27. The highest BCUT2D eigenvalue weighted by Gasteiger charge is 2.14. The molecule has 0 bridgehead atoms. The van der Waals surface area contributed by atoms with Crippen LogP contribution in [0.25, 0.3) is 0 Å². The monoisotopic (exact) mass is 290 g/mol. The predicted molar refractivity (Wildman–Crippen MR) is 71.0 cm³/mol. The molecule has 0 saturated heterocycles. The van der Waals surface area contributed by atoms with Gasteiger partial charge in [-0.15, -0.1) is 11.3 Å². The van der Waals surface area contributed by atoms with Crippen LogP contribution in [0.15, 0.2) is 12.1 Å². The van der Waals surface area contributed by atoms with Gasteiger partial charge in [-0.2, -0.15) is 0 Å². The fraction of sp³-hybridized carbons (Fsp3) is 0.455. The molecule has 1 atom stereocenters. The summed E-state index contributed by atoms with van der Waals surface area (Å²) in [5, 5.41) is 11.2. The number of carboxylic acids is 1. The molecule has 7 heteroatoms. The number of urea groups is 1. The molecule has 0 aliphatic heterocycles. The van der Waals surface area contributed by atoms with Crippen molar-refractivity contribution in [2.45, 2.75) is 25.9 Å². The van der Waals surface area contributed by atoms with E-state index in [0.717, 1.165) is 4.88 Å². The van der Waals surface area contributed by atoms with E-state index >= 15 is 0 Å². The van der Waals surface area contributed by atoms with Crippen molar-refractivity contribution in [2.24, 2.45) is 0 Å². The van der Waals surface area contributed by atoms with Gasteiger partial charge in [0.15, 0.2) is 0 Å². The highest BCUT2D eigenvalue weighted by molar-refractivity contribution is 7.16. The summed E-state index contributed by atoms with van der Waals surface area (Å²) in [4.78, 5) is 24.7. The topological polar surface area (TPSA) is 69.6 Å². The van der Waals surface area contributed by atoms with Crippen LogP contribution in [0, 0.1) is 0 Å². The average molecular weight is 291 g/mol. The predicted octanol–water partition coefficient (Wildman–Crippen LogP) is 2.41. The number of nitrogens with one attached hydrogen (secondary N) is 1. The van der Waals surface area contributed by atoms with Crippen molar-refractivity contribution in [3.8, 4) is 0 Å². The van der Waals surface area contributed by atoms with E-state index in [1.54, 1.807) is 20.0 Å². The van der Waals surface area contributed by atoms with Crippen molar-refractivity contribution < 1.29 is 14.7 Å². The first-order valence-corrected chi connectivity index (χ1v) is 6.55. The number of carbonyl (C=O) groups excluding carboxylic acids is 1. The molecular weight excluding hydrogens is 276 g/mol. The first kappa shape index (κ1) is 14.8. The molecule has 100 valence electrons. The Balaban J connectivity index is 2.44. The van der Waals surface area contributed by atoms with Crippen molar-refractivity contribution >= 4 is 34.9 Å². The lowest BCUT2D eigenvalue weighted by molar-refractivity contribution is -0.137. The van der Waals surface area contributed by atoms with Gasteiger partial charge in [-0.25, -0.2) is 4.79 Å². The lowest BCUT2D eigenvalue weighted by Crippen LogP contribution is -2.42. The van der Waals surface area contributed by atoms with Crippen molar-refractivity contribution in [1.29, 1.82) is 0 Å². The first-order valence-electron chi connectivity index (χ1n) is 5.36. The highest BCUT2D eigenvalue weighted by Crippen LogP contribution is 2.22. The summed E-state index contributed by atoms with van der Waals surface area (Å²) in [6.07, 6.45) is -0.0928. The van der Waals surface area contributed by atoms with E-state index in [0.29, 0.717) is 10.9 Å². The van der Waals surface area contributed by atoms with Crippen molar-refractivity contribution in [1.82, 2.24) is 10.2 Å². The maximum Gasteiger partial charge on any atom is 0.317 e. The largest absolute Gasteiger partial charge is 0.481 e. The van der Waals surface area contributed by atoms with Gasteiger partial charge in [-0.05, 0) is 19.1 Å². The fourth-order valence-electron chi connectivity index (χ4n) is 1.38. The number of amides is 2. The lowest BCUT2D eigenvalue weighted by atomic mass is 10.2. The normalized spacial score (nSPS) is 11.9. The van der Waals surface area contributed by atoms with Gasteiger partial charge in [0.25, 0.3) is 0 Å². The molecule has 0 aliphatic carbocycles. The number of carbonyl (C=O) groups is 2. The number of aliphatic carboxylic acids is 1. The first-order chi connectivity index (χ1) is 8.38. The van der Waals surface area contributed by atoms with Gasteiger partial charge in [0, 0.05) is 18.0 Å². The molecule has 5 nitrogen and oxygen atoms in total. The molecule has 0 aliphatic rings. The van der Waals surface area contributed by atoms with Crippen LogP contribution in [0.2, 0.25) is 4.34 Å². The summed E-state index contributed by atoms with van der Waals surface area (Å²) in [6.45, 7) is 2.10. The van der Waals surface area contributed by atoms with Crippen molar-refractivity contribution in [3.63, 3.8) is 0 Å². The molecule has 0 aromatic carbocycles. The smallest absolute Gasteiger partial charge is 0.317 e. The number of nitrogens with zero attached hydrogens (tertiary/aromatic N) is 1. The van der Waals surface area contributed by atoms with Gasteiger partial charge >= 0.3 is 12.0 Å². The molecule has 1 rings (SSSR count). The van der Waals surface area contributed by atoms with Gasteiger partial charge in [-0.3, -0.25) is 4.79 Å². The van der Waals surface area contributed by atoms with Gasteiger partial charge < -0.3 is 15.3 Å². The van der Waals surface area contributed by atoms with Gasteiger partial charge in [0.2, 0.25) is 0 Å². The Morgan fingerprint density at radius 2 is 2.22 bits per heavy atom. The molecule has 2 amide bonds. The maximum absolute atomic E-state index is 11.7. The Morgan fingerprint density at radius 3 is 2.72 bits per heavy atom. The van der Waals surface area contributed by atoms with Crippen LogP contribution < -0.4 is 5.32 Å². The molecule has 1 heterocycles. The number of hydrogen-bond acceptors (Lipinski definition) is 3. The van der Waals surface area contributed by atoms with Crippen LogP contribution >= 0.6 is 22.9 Å². The van der Waals surface area contributed by atoms with E-state index in [1.165, 1.54) is 16.2 Å². The maximum atomic E-state index is 11.7.